The average Bonchev–Trinajstić information content (AvgIpc) is 2.87. The third kappa shape index (κ3) is 2.13. The quantitative estimate of drug-likeness (QED) is 0.753. The summed E-state index contributed by atoms with van der Waals surface area (Å²) in [7, 11) is 0. The van der Waals surface area contributed by atoms with E-state index in [1.807, 2.05) is 6.08 Å². The summed E-state index contributed by atoms with van der Waals surface area (Å²) in [5.74, 6) is 1.26. The van der Waals surface area contributed by atoms with Gasteiger partial charge in [0.1, 0.15) is 12.2 Å². The molecule has 0 aliphatic heterocycles. The largest absolute Gasteiger partial charge is 0.388 e. The Kier molecular flexibility index (Phi) is 3.83. The number of Topliss-reactive ketones (excluding diaryl/α,β-unsaturated/α-hetero) is 1. The molecule has 0 amide bonds. The first-order valence-corrected chi connectivity index (χ1v) is 9.87. The number of ketones is 2. The zero-order valence-corrected chi connectivity index (χ0v) is 15.4. The highest BCUT2D eigenvalue weighted by Crippen LogP contribution is 2.67. The van der Waals surface area contributed by atoms with Gasteiger partial charge in [-0.2, -0.15) is 0 Å². The van der Waals surface area contributed by atoms with Gasteiger partial charge in [-0.25, -0.2) is 0 Å². The van der Waals surface area contributed by atoms with E-state index in [1.165, 1.54) is 5.57 Å². The maximum absolute atomic E-state index is 12.3. The van der Waals surface area contributed by atoms with E-state index in [0.717, 1.165) is 38.5 Å². The molecule has 6 atom stereocenters. The molecule has 0 aromatic rings. The topological polar surface area (TPSA) is 74.6 Å². The molecule has 138 valence electrons. The molecule has 0 radical (unpaired) electrons. The van der Waals surface area contributed by atoms with Crippen LogP contribution in [0.2, 0.25) is 0 Å². The van der Waals surface area contributed by atoms with Crippen molar-refractivity contribution in [2.24, 2.45) is 28.6 Å². The Balaban J connectivity index is 1.68. The molecule has 4 heteroatoms. The summed E-state index contributed by atoms with van der Waals surface area (Å²) in [6.45, 7) is 3.84. The number of allylic oxidation sites excluding steroid dienone is 1. The van der Waals surface area contributed by atoms with Gasteiger partial charge in [0.15, 0.2) is 11.6 Å². The van der Waals surface area contributed by atoms with E-state index in [9.17, 15) is 19.8 Å². The lowest BCUT2D eigenvalue weighted by molar-refractivity contribution is -0.164. The number of hydrogen-bond acceptors (Lipinski definition) is 4. The predicted molar refractivity (Wildman–Crippen MR) is 93.8 cm³/mol. The number of aliphatic hydroxyl groups is 2. The summed E-state index contributed by atoms with van der Waals surface area (Å²) in [5.41, 5.74) is -0.333. The molecular formula is C21H30O4. The maximum Gasteiger partial charge on any atom is 0.190 e. The van der Waals surface area contributed by atoms with Crippen molar-refractivity contribution in [3.8, 4) is 0 Å². The Morgan fingerprint density at radius 2 is 1.84 bits per heavy atom. The van der Waals surface area contributed by atoms with Crippen LogP contribution in [0.25, 0.3) is 0 Å². The van der Waals surface area contributed by atoms with Crippen LogP contribution in [0, 0.1) is 28.6 Å². The van der Waals surface area contributed by atoms with E-state index in [1.54, 1.807) is 0 Å². The summed E-state index contributed by atoms with van der Waals surface area (Å²) in [6.07, 6.45) is 8.72. The molecule has 4 nitrogen and oxygen atoms in total. The molecule has 3 saturated carbocycles. The zero-order valence-electron chi connectivity index (χ0n) is 15.4. The van der Waals surface area contributed by atoms with Gasteiger partial charge in [0.05, 0.1) is 0 Å². The molecule has 2 N–H and O–H groups in total. The first-order valence-electron chi connectivity index (χ1n) is 9.87. The Bertz CT molecular complexity index is 652. The van der Waals surface area contributed by atoms with Gasteiger partial charge in [-0.05, 0) is 74.2 Å². The summed E-state index contributed by atoms with van der Waals surface area (Å²) >= 11 is 0. The van der Waals surface area contributed by atoms with E-state index < -0.39 is 23.4 Å². The minimum atomic E-state index is -1.36. The lowest BCUT2D eigenvalue weighted by Crippen LogP contribution is -2.58. The van der Waals surface area contributed by atoms with E-state index in [-0.39, 0.29) is 11.2 Å². The predicted octanol–water partition coefficient (Wildman–Crippen LogP) is 2.81. The van der Waals surface area contributed by atoms with Crippen LogP contribution in [0.5, 0.6) is 0 Å². The van der Waals surface area contributed by atoms with Crippen molar-refractivity contribution in [3.63, 3.8) is 0 Å². The molecule has 3 fully saturated rings. The number of aliphatic hydroxyl groups excluding tert-OH is 1. The van der Waals surface area contributed by atoms with Gasteiger partial charge >= 0.3 is 0 Å². The molecular weight excluding hydrogens is 317 g/mol. The van der Waals surface area contributed by atoms with Crippen LogP contribution in [0.15, 0.2) is 11.6 Å². The Hall–Kier alpha value is -1.00. The molecule has 4 aliphatic rings. The molecule has 0 heterocycles. The smallest absolute Gasteiger partial charge is 0.190 e. The normalized spacial score (nSPS) is 49.0. The van der Waals surface area contributed by atoms with Gasteiger partial charge in [0.2, 0.25) is 0 Å². The fourth-order valence-corrected chi connectivity index (χ4v) is 7.16. The molecule has 0 bridgehead atoms. The minimum absolute atomic E-state index is 0.111. The van der Waals surface area contributed by atoms with Crippen LogP contribution in [0.4, 0.5) is 0 Å². The Morgan fingerprint density at radius 1 is 1.12 bits per heavy atom. The van der Waals surface area contributed by atoms with E-state index >= 15 is 0 Å². The van der Waals surface area contributed by atoms with Crippen LogP contribution in [0.1, 0.15) is 65.2 Å². The fourth-order valence-electron chi connectivity index (χ4n) is 7.16. The van der Waals surface area contributed by atoms with Crippen LogP contribution in [0.3, 0.4) is 0 Å². The van der Waals surface area contributed by atoms with Crippen molar-refractivity contribution >= 4 is 11.6 Å². The second kappa shape index (κ2) is 5.50. The van der Waals surface area contributed by atoms with Crippen LogP contribution in [-0.4, -0.2) is 34.0 Å². The Labute approximate surface area is 149 Å². The molecule has 4 rings (SSSR count). The van der Waals surface area contributed by atoms with Crippen molar-refractivity contribution in [1.82, 2.24) is 0 Å². The summed E-state index contributed by atoms with van der Waals surface area (Å²) in [6, 6.07) is 0. The molecule has 0 aromatic heterocycles. The van der Waals surface area contributed by atoms with Gasteiger partial charge in [-0.3, -0.25) is 9.59 Å². The number of hydrogen-bond donors (Lipinski definition) is 2. The molecule has 0 spiro atoms. The highest BCUT2D eigenvalue weighted by atomic mass is 16.3. The van der Waals surface area contributed by atoms with Crippen molar-refractivity contribution < 1.29 is 19.8 Å². The fraction of sp³-hybridized carbons (Fsp3) is 0.810. The van der Waals surface area contributed by atoms with Crippen LogP contribution < -0.4 is 0 Å². The van der Waals surface area contributed by atoms with E-state index in [4.69, 9.17) is 0 Å². The molecule has 4 aliphatic carbocycles. The standard InChI is InChI=1S/C21H30O4/c1-19-8-5-14(23)11-13(19)3-4-15-16(19)6-9-20(2)17(15)7-10-21(20,25)18(24)12-22/h11,15-17,22,25H,3-10,12H2,1-2H3/t15-,16+,17+,19+,20+,21+/m1/s1/i18+1. The van der Waals surface area contributed by atoms with Gasteiger partial charge in [0.25, 0.3) is 0 Å². The van der Waals surface area contributed by atoms with Crippen molar-refractivity contribution in [3.05, 3.63) is 11.6 Å². The number of rotatable bonds is 2. The highest BCUT2D eigenvalue weighted by Gasteiger charge is 2.65. The third-order valence-electron chi connectivity index (χ3n) is 8.72. The van der Waals surface area contributed by atoms with Crippen molar-refractivity contribution in [2.75, 3.05) is 6.61 Å². The van der Waals surface area contributed by atoms with Crippen molar-refractivity contribution in [1.29, 1.82) is 0 Å². The van der Waals surface area contributed by atoms with Gasteiger partial charge < -0.3 is 10.2 Å². The molecule has 0 saturated heterocycles. The lowest BCUT2D eigenvalue weighted by atomic mass is 9.47. The van der Waals surface area contributed by atoms with Gasteiger partial charge in [0, 0.05) is 11.8 Å². The zero-order chi connectivity index (χ0) is 18.0. The molecule has 0 aromatic carbocycles. The van der Waals surface area contributed by atoms with E-state index in [0.29, 0.717) is 30.6 Å². The first kappa shape index (κ1) is 17.4. The average molecular weight is 347 g/mol. The third-order valence-corrected chi connectivity index (χ3v) is 8.72. The summed E-state index contributed by atoms with van der Waals surface area (Å²) < 4.78 is 0. The second-order valence-electron chi connectivity index (χ2n) is 9.41. The van der Waals surface area contributed by atoms with E-state index in [2.05, 4.69) is 13.8 Å². The Morgan fingerprint density at radius 3 is 2.56 bits per heavy atom. The van der Waals surface area contributed by atoms with Gasteiger partial charge in [-0.1, -0.05) is 19.4 Å². The summed E-state index contributed by atoms with van der Waals surface area (Å²) in [5, 5.41) is 20.5. The van der Waals surface area contributed by atoms with Crippen molar-refractivity contribution in [2.45, 2.75) is 70.8 Å². The highest BCUT2D eigenvalue weighted by molar-refractivity contribution is 5.91. The van der Waals surface area contributed by atoms with Crippen LogP contribution >= 0.6 is 0 Å². The van der Waals surface area contributed by atoms with Gasteiger partial charge in [-0.15, -0.1) is 0 Å². The molecule has 0 unspecified atom stereocenters. The lowest BCUT2D eigenvalue weighted by Gasteiger charge is -2.58. The number of carbonyl (C=O) groups is 2. The SMILES string of the molecule is C[C@]12CCC(=O)C=C1CC[C@@H]1[C@@H]2CC[C@@]2(C)[C@H]1CC[C@]2(O)[13C](=O)CO. The molecule has 25 heavy (non-hydrogen) atoms. The van der Waals surface area contributed by atoms with Crippen LogP contribution in [-0.2, 0) is 9.59 Å². The second-order valence-corrected chi connectivity index (χ2v) is 9.41. The number of carbonyl (C=O) groups excluding carboxylic acids is 2. The maximum atomic E-state index is 12.3. The first-order chi connectivity index (χ1) is 11.8. The minimum Gasteiger partial charge on any atom is -0.388 e. The summed E-state index contributed by atoms with van der Waals surface area (Å²) in [4.78, 5) is 24.2. The monoisotopic (exact) mass is 347 g/mol. The number of fused-ring (bicyclic) bond motifs is 5.